The zero-order valence-electron chi connectivity index (χ0n) is 13.4. The smallest absolute Gasteiger partial charge is 0.293 e. The molecule has 0 saturated heterocycles. The van der Waals surface area contributed by atoms with E-state index >= 15 is 0 Å². The summed E-state index contributed by atoms with van der Waals surface area (Å²) >= 11 is 0. The topological polar surface area (TPSA) is 46.9 Å². The van der Waals surface area contributed by atoms with Gasteiger partial charge in [0.15, 0.2) is 5.82 Å². The van der Waals surface area contributed by atoms with Crippen LogP contribution in [-0.4, -0.2) is 9.55 Å². The SMILES string of the molecule is Cc1ccc(CNc2nccn(Cc3ccc(F)cc3)c2=O)cc1. The number of anilines is 1. The predicted molar refractivity (Wildman–Crippen MR) is 92.5 cm³/mol. The van der Waals surface area contributed by atoms with Crippen LogP contribution in [0.25, 0.3) is 0 Å². The van der Waals surface area contributed by atoms with Crippen molar-refractivity contribution in [3.63, 3.8) is 0 Å². The second-order valence-electron chi connectivity index (χ2n) is 5.67. The van der Waals surface area contributed by atoms with Gasteiger partial charge < -0.3 is 9.88 Å². The number of aryl methyl sites for hydroxylation is 1. The average Bonchev–Trinajstić information content (AvgIpc) is 2.59. The number of rotatable bonds is 5. The minimum absolute atomic E-state index is 0.200. The average molecular weight is 323 g/mol. The molecule has 3 rings (SSSR count). The van der Waals surface area contributed by atoms with E-state index in [1.807, 2.05) is 31.2 Å². The second-order valence-corrected chi connectivity index (χ2v) is 5.67. The van der Waals surface area contributed by atoms with Gasteiger partial charge in [-0.3, -0.25) is 4.79 Å². The molecule has 5 heteroatoms. The highest BCUT2D eigenvalue weighted by atomic mass is 19.1. The molecule has 0 fully saturated rings. The van der Waals surface area contributed by atoms with Crippen LogP contribution in [0.15, 0.2) is 65.7 Å². The zero-order valence-corrected chi connectivity index (χ0v) is 13.4. The van der Waals surface area contributed by atoms with Crippen LogP contribution in [0, 0.1) is 12.7 Å². The van der Waals surface area contributed by atoms with Crippen LogP contribution in [0.3, 0.4) is 0 Å². The molecule has 0 saturated carbocycles. The maximum Gasteiger partial charge on any atom is 0.293 e. The first kappa shape index (κ1) is 15.9. The molecule has 1 aromatic heterocycles. The number of hydrogen-bond donors (Lipinski definition) is 1. The Balaban J connectivity index is 1.74. The maximum absolute atomic E-state index is 13.0. The first-order valence-electron chi connectivity index (χ1n) is 7.71. The molecule has 0 radical (unpaired) electrons. The van der Waals surface area contributed by atoms with Gasteiger partial charge in [-0.15, -0.1) is 0 Å². The van der Waals surface area contributed by atoms with E-state index in [9.17, 15) is 9.18 Å². The summed E-state index contributed by atoms with van der Waals surface area (Å²) in [6, 6.07) is 14.2. The van der Waals surface area contributed by atoms with E-state index in [1.165, 1.54) is 17.7 Å². The molecule has 0 aliphatic rings. The predicted octanol–water partition coefficient (Wildman–Crippen LogP) is 3.35. The van der Waals surface area contributed by atoms with Crippen LogP contribution in [0.2, 0.25) is 0 Å². The fraction of sp³-hybridized carbons (Fsp3) is 0.158. The van der Waals surface area contributed by atoms with Crippen molar-refractivity contribution in [1.29, 1.82) is 0 Å². The van der Waals surface area contributed by atoms with Crippen LogP contribution in [0.1, 0.15) is 16.7 Å². The van der Waals surface area contributed by atoms with Crippen molar-refractivity contribution in [3.05, 3.63) is 93.8 Å². The lowest BCUT2D eigenvalue weighted by molar-refractivity contribution is 0.626. The first-order valence-corrected chi connectivity index (χ1v) is 7.71. The summed E-state index contributed by atoms with van der Waals surface area (Å²) in [7, 11) is 0. The highest BCUT2D eigenvalue weighted by Gasteiger charge is 2.05. The summed E-state index contributed by atoms with van der Waals surface area (Å²) in [4.78, 5) is 16.6. The quantitative estimate of drug-likeness (QED) is 0.783. The lowest BCUT2D eigenvalue weighted by Gasteiger charge is -2.09. The molecule has 122 valence electrons. The third-order valence-corrected chi connectivity index (χ3v) is 3.76. The van der Waals surface area contributed by atoms with Gasteiger partial charge in [0.05, 0.1) is 6.54 Å². The standard InChI is InChI=1S/C19H18FN3O/c1-14-2-4-15(5-3-14)12-22-18-19(24)23(11-10-21-18)13-16-6-8-17(20)9-7-16/h2-11H,12-13H2,1H3,(H,21,22). The lowest BCUT2D eigenvalue weighted by Crippen LogP contribution is -2.24. The van der Waals surface area contributed by atoms with Crippen LogP contribution < -0.4 is 10.9 Å². The van der Waals surface area contributed by atoms with E-state index in [2.05, 4.69) is 10.3 Å². The molecule has 0 aliphatic heterocycles. The zero-order chi connectivity index (χ0) is 16.9. The normalized spacial score (nSPS) is 10.6. The molecule has 0 unspecified atom stereocenters. The van der Waals surface area contributed by atoms with E-state index in [-0.39, 0.29) is 11.4 Å². The van der Waals surface area contributed by atoms with Crippen molar-refractivity contribution < 1.29 is 4.39 Å². The fourth-order valence-electron chi connectivity index (χ4n) is 2.37. The molecule has 0 amide bonds. The summed E-state index contributed by atoms with van der Waals surface area (Å²) in [6.07, 6.45) is 3.21. The highest BCUT2D eigenvalue weighted by molar-refractivity contribution is 5.33. The Morgan fingerprint density at radius 3 is 2.42 bits per heavy atom. The van der Waals surface area contributed by atoms with Gasteiger partial charge in [0.25, 0.3) is 5.56 Å². The molecule has 2 aromatic carbocycles. The largest absolute Gasteiger partial charge is 0.361 e. The third kappa shape index (κ3) is 3.87. The third-order valence-electron chi connectivity index (χ3n) is 3.76. The Morgan fingerprint density at radius 1 is 1.04 bits per heavy atom. The van der Waals surface area contributed by atoms with Crippen molar-refractivity contribution in [3.8, 4) is 0 Å². The number of nitrogens with one attached hydrogen (secondary N) is 1. The molecule has 3 aromatic rings. The summed E-state index contributed by atoms with van der Waals surface area (Å²) in [6.45, 7) is 2.94. The van der Waals surface area contributed by atoms with Gasteiger partial charge in [0.1, 0.15) is 5.82 Å². The van der Waals surface area contributed by atoms with Crippen LogP contribution >= 0.6 is 0 Å². The minimum atomic E-state index is -0.290. The van der Waals surface area contributed by atoms with Crippen molar-refractivity contribution in [2.45, 2.75) is 20.0 Å². The van der Waals surface area contributed by atoms with E-state index in [0.717, 1.165) is 11.1 Å². The van der Waals surface area contributed by atoms with Gasteiger partial charge in [0, 0.05) is 18.9 Å². The molecule has 0 aliphatic carbocycles. The molecule has 0 spiro atoms. The number of hydrogen-bond acceptors (Lipinski definition) is 3. The number of nitrogens with zero attached hydrogens (tertiary/aromatic N) is 2. The van der Waals surface area contributed by atoms with Crippen LogP contribution in [0.4, 0.5) is 10.2 Å². The van der Waals surface area contributed by atoms with Crippen molar-refractivity contribution in [2.24, 2.45) is 0 Å². The molecular weight excluding hydrogens is 305 g/mol. The van der Waals surface area contributed by atoms with E-state index in [4.69, 9.17) is 0 Å². The maximum atomic E-state index is 13.0. The highest BCUT2D eigenvalue weighted by Crippen LogP contribution is 2.07. The summed E-state index contributed by atoms with van der Waals surface area (Å²) in [5.74, 6) is 0.0152. The van der Waals surface area contributed by atoms with Crippen LogP contribution in [0.5, 0.6) is 0 Å². The van der Waals surface area contributed by atoms with Gasteiger partial charge in [-0.05, 0) is 30.2 Å². The minimum Gasteiger partial charge on any atom is -0.361 e. The van der Waals surface area contributed by atoms with E-state index in [1.54, 1.807) is 29.1 Å². The Kier molecular flexibility index (Phi) is 4.70. The Labute approximate surface area is 139 Å². The Bertz CT molecular complexity index is 870. The van der Waals surface area contributed by atoms with Gasteiger partial charge in [-0.2, -0.15) is 0 Å². The van der Waals surface area contributed by atoms with Gasteiger partial charge in [0.2, 0.25) is 0 Å². The van der Waals surface area contributed by atoms with E-state index in [0.29, 0.717) is 18.9 Å². The monoisotopic (exact) mass is 323 g/mol. The molecular formula is C19H18FN3O. The van der Waals surface area contributed by atoms with Gasteiger partial charge in [-0.25, -0.2) is 9.37 Å². The lowest BCUT2D eigenvalue weighted by atomic mass is 10.1. The molecule has 1 N–H and O–H groups in total. The Hall–Kier alpha value is -2.95. The molecule has 0 atom stereocenters. The first-order chi connectivity index (χ1) is 11.6. The van der Waals surface area contributed by atoms with Crippen molar-refractivity contribution in [1.82, 2.24) is 9.55 Å². The molecule has 1 heterocycles. The number of aromatic nitrogens is 2. The number of halogens is 1. The van der Waals surface area contributed by atoms with Gasteiger partial charge in [-0.1, -0.05) is 42.0 Å². The van der Waals surface area contributed by atoms with Crippen LogP contribution in [-0.2, 0) is 13.1 Å². The van der Waals surface area contributed by atoms with Crippen molar-refractivity contribution in [2.75, 3.05) is 5.32 Å². The molecule has 0 bridgehead atoms. The number of benzene rings is 2. The van der Waals surface area contributed by atoms with E-state index < -0.39 is 0 Å². The molecule has 24 heavy (non-hydrogen) atoms. The van der Waals surface area contributed by atoms with Crippen molar-refractivity contribution >= 4 is 5.82 Å². The Morgan fingerprint density at radius 2 is 1.71 bits per heavy atom. The van der Waals surface area contributed by atoms with Gasteiger partial charge >= 0.3 is 0 Å². The second kappa shape index (κ2) is 7.08. The fourth-order valence-corrected chi connectivity index (χ4v) is 2.37. The summed E-state index contributed by atoms with van der Waals surface area (Å²) in [5, 5.41) is 3.08. The molecule has 4 nitrogen and oxygen atoms in total. The summed E-state index contributed by atoms with van der Waals surface area (Å²) in [5.41, 5.74) is 2.93. The summed E-state index contributed by atoms with van der Waals surface area (Å²) < 4.78 is 14.5.